The predicted molar refractivity (Wildman–Crippen MR) is 87.3 cm³/mol. The van der Waals surface area contributed by atoms with Crippen LogP contribution in [-0.2, 0) is 14.3 Å². The van der Waals surface area contributed by atoms with E-state index in [1.54, 1.807) is 25.1 Å². The summed E-state index contributed by atoms with van der Waals surface area (Å²) in [4.78, 5) is 23.7. The highest BCUT2D eigenvalue weighted by molar-refractivity contribution is 9.10. The zero-order valence-corrected chi connectivity index (χ0v) is 14.4. The van der Waals surface area contributed by atoms with Crippen molar-refractivity contribution in [2.45, 2.75) is 31.9 Å². The fourth-order valence-corrected chi connectivity index (χ4v) is 2.84. The van der Waals surface area contributed by atoms with E-state index in [0.29, 0.717) is 19.0 Å². The van der Waals surface area contributed by atoms with Gasteiger partial charge in [0.1, 0.15) is 11.8 Å². The van der Waals surface area contributed by atoms with Gasteiger partial charge in [-0.05, 0) is 47.8 Å². The van der Waals surface area contributed by atoms with E-state index in [2.05, 4.69) is 21.2 Å². The number of carboxylic acids is 1. The monoisotopic (exact) mass is 385 g/mol. The van der Waals surface area contributed by atoms with Crippen LogP contribution < -0.4 is 10.1 Å². The molecule has 0 radical (unpaired) electrons. The van der Waals surface area contributed by atoms with Gasteiger partial charge in [0.05, 0.1) is 11.1 Å². The molecule has 1 aliphatic heterocycles. The van der Waals surface area contributed by atoms with Crippen molar-refractivity contribution in [3.05, 3.63) is 28.7 Å². The molecular formula is C16H20BrNO5. The lowest BCUT2D eigenvalue weighted by molar-refractivity contribution is -0.146. The van der Waals surface area contributed by atoms with Gasteiger partial charge in [-0.15, -0.1) is 0 Å². The molecule has 3 unspecified atom stereocenters. The second kappa shape index (κ2) is 8.31. The maximum atomic E-state index is 12.3. The minimum absolute atomic E-state index is 0.221. The molecule has 1 fully saturated rings. The van der Waals surface area contributed by atoms with E-state index < -0.39 is 24.0 Å². The van der Waals surface area contributed by atoms with Gasteiger partial charge >= 0.3 is 5.97 Å². The summed E-state index contributed by atoms with van der Waals surface area (Å²) in [5.41, 5.74) is 0. The van der Waals surface area contributed by atoms with E-state index in [-0.39, 0.29) is 5.92 Å². The van der Waals surface area contributed by atoms with Crippen molar-refractivity contribution < 1.29 is 24.2 Å². The number of nitrogens with one attached hydrogen (secondary N) is 1. The molecule has 0 aliphatic carbocycles. The fourth-order valence-electron chi connectivity index (χ4n) is 2.46. The predicted octanol–water partition coefficient (Wildman–Crippen LogP) is 2.21. The molecule has 0 spiro atoms. The first-order valence-electron chi connectivity index (χ1n) is 7.51. The summed E-state index contributed by atoms with van der Waals surface area (Å²) in [5.74, 6) is -1.20. The Hall–Kier alpha value is -1.60. The van der Waals surface area contributed by atoms with Crippen LogP contribution in [0.2, 0.25) is 0 Å². The quantitative estimate of drug-likeness (QED) is 0.783. The number of aliphatic carboxylic acids is 1. The molecule has 1 aromatic carbocycles. The summed E-state index contributed by atoms with van der Waals surface area (Å²) in [6.45, 7) is 2.57. The van der Waals surface area contributed by atoms with Gasteiger partial charge in [-0.25, -0.2) is 4.79 Å². The van der Waals surface area contributed by atoms with Gasteiger partial charge in [0.25, 0.3) is 5.91 Å². The van der Waals surface area contributed by atoms with Crippen LogP contribution in [0.5, 0.6) is 5.75 Å². The number of hydrogen-bond donors (Lipinski definition) is 2. The summed E-state index contributed by atoms with van der Waals surface area (Å²) in [6, 6.07) is 6.21. The lowest BCUT2D eigenvalue weighted by Crippen LogP contribution is -2.51. The molecule has 0 saturated carbocycles. The van der Waals surface area contributed by atoms with E-state index in [1.807, 2.05) is 6.07 Å². The summed E-state index contributed by atoms with van der Waals surface area (Å²) in [7, 11) is 0. The third kappa shape index (κ3) is 4.94. The maximum absolute atomic E-state index is 12.3. The number of hydrogen-bond acceptors (Lipinski definition) is 4. The number of rotatable bonds is 6. The Morgan fingerprint density at radius 3 is 2.78 bits per heavy atom. The summed E-state index contributed by atoms with van der Waals surface area (Å²) >= 11 is 3.34. The van der Waals surface area contributed by atoms with Crippen LogP contribution in [-0.4, -0.2) is 42.3 Å². The first-order chi connectivity index (χ1) is 11.0. The Labute approximate surface area is 143 Å². The van der Waals surface area contributed by atoms with E-state index >= 15 is 0 Å². The normalized spacial score (nSPS) is 20.3. The molecule has 1 aromatic rings. The minimum Gasteiger partial charge on any atom is -0.480 e. The van der Waals surface area contributed by atoms with Crippen molar-refractivity contribution in [1.29, 1.82) is 0 Å². The largest absolute Gasteiger partial charge is 0.480 e. The van der Waals surface area contributed by atoms with Crippen LogP contribution in [0.4, 0.5) is 0 Å². The number of amides is 1. The third-order valence-corrected chi connectivity index (χ3v) is 4.40. The SMILES string of the molecule is CC(Oc1ccccc1Br)C(=O)NC(C(=O)O)C1CCCOC1. The Balaban J connectivity index is 1.97. The van der Waals surface area contributed by atoms with Gasteiger partial charge < -0.3 is 19.9 Å². The molecule has 1 saturated heterocycles. The Morgan fingerprint density at radius 2 is 2.17 bits per heavy atom. The van der Waals surface area contributed by atoms with Gasteiger partial charge in [-0.1, -0.05) is 12.1 Å². The number of para-hydroxylation sites is 1. The van der Waals surface area contributed by atoms with Gasteiger partial charge in [0.2, 0.25) is 0 Å². The number of halogens is 1. The second-order valence-electron chi connectivity index (χ2n) is 5.49. The third-order valence-electron chi connectivity index (χ3n) is 3.74. The standard InChI is InChI=1S/C16H20BrNO5/c1-10(23-13-7-3-2-6-12(13)17)15(19)18-14(16(20)21)11-5-4-8-22-9-11/h2-3,6-7,10-11,14H,4-5,8-9H2,1H3,(H,18,19)(H,20,21). The van der Waals surface area contributed by atoms with E-state index in [0.717, 1.165) is 17.3 Å². The molecule has 3 atom stereocenters. The molecule has 2 rings (SSSR count). The Morgan fingerprint density at radius 1 is 1.43 bits per heavy atom. The van der Waals surface area contributed by atoms with E-state index in [1.165, 1.54) is 0 Å². The van der Waals surface area contributed by atoms with Crippen LogP contribution in [0.15, 0.2) is 28.7 Å². The Bertz CT molecular complexity index is 559. The lowest BCUT2D eigenvalue weighted by Gasteiger charge is -2.29. The fraction of sp³-hybridized carbons (Fsp3) is 0.500. The smallest absolute Gasteiger partial charge is 0.326 e. The Kier molecular flexibility index (Phi) is 6.41. The average Bonchev–Trinajstić information content (AvgIpc) is 2.55. The number of ether oxygens (including phenoxy) is 2. The van der Waals surface area contributed by atoms with Crippen LogP contribution in [0.1, 0.15) is 19.8 Å². The molecule has 1 amide bonds. The highest BCUT2D eigenvalue weighted by Crippen LogP contribution is 2.25. The molecule has 0 bridgehead atoms. The summed E-state index contributed by atoms with van der Waals surface area (Å²) in [6.07, 6.45) is 0.712. The minimum atomic E-state index is -1.05. The van der Waals surface area contributed by atoms with Crippen LogP contribution in [0.25, 0.3) is 0 Å². The highest BCUT2D eigenvalue weighted by Gasteiger charge is 2.32. The van der Waals surface area contributed by atoms with Crippen molar-refractivity contribution >= 4 is 27.8 Å². The number of carbonyl (C=O) groups excluding carboxylic acids is 1. The first kappa shape index (κ1) is 17.7. The number of carbonyl (C=O) groups is 2. The second-order valence-corrected chi connectivity index (χ2v) is 6.35. The first-order valence-corrected chi connectivity index (χ1v) is 8.30. The van der Waals surface area contributed by atoms with Gasteiger partial charge in [0.15, 0.2) is 6.10 Å². The molecule has 0 aromatic heterocycles. The van der Waals surface area contributed by atoms with Crippen molar-refractivity contribution in [2.24, 2.45) is 5.92 Å². The summed E-state index contributed by atoms with van der Waals surface area (Å²) in [5, 5.41) is 11.9. The lowest BCUT2D eigenvalue weighted by atomic mass is 9.93. The van der Waals surface area contributed by atoms with Crippen LogP contribution in [0.3, 0.4) is 0 Å². The van der Waals surface area contributed by atoms with Gasteiger partial charge in [-0.2, -0.15) is 0 Å². The molecule has 6 nitrogen and oxygen atoms in total. The van der Waals surface area contributed by atoms with Crippen molar-refractivity contribution in [3.63, 3.8) is 0 Å². The molecule has 7 heteroatoms. The average molecular weight is 386 g/mol. The molecular weight excluding hydrogens is 366 g/mol. The molecule has 1 aliphatic rings. The van der Waals surface area contributed by atoms with Gasteiger partial charge in [-0.3, -0.25) is 4.79 Å². The van der Waals surface area contributed by atoms with Crippen molar-refractivity contribution in [1.82, 2.24) is 5.32 Å². The van der Waals surface area contributed by atoms with E-state index in [9.17, 15) is 14.7 Å². The van der Waals surface area contributed by atoms with Crippen LogP contribution in [0, 0.1) is 5.92 Å². The van der Waals surface area contributed by atoms with Gasteiger partial charge in [0, 0.05) is 12.5 Å². The zero-order valence-electron chi connectivity index (χ0n) is 12.8. The number of benzene rings is 1. The van der Waals surface area contributed by atoms with Crippen molar-refractivity contribution in [2.75, 3.05) is 13.2 Å². The molecule has 126 valence electrons. The zero-order chi connectivity index (χ0) is 16.8. The van der Waals surface area contributed by atoms with Crippen LogP contribution >= 0.6 is 15.9 Å². The summed E-state index contributed by atoms with van der Waals surface area (Å²) < 4.78 is 11.6. The highest BCUT2D eigenvalue weighted by atomic mass is 79.9. The molecule has 2 N–H and O–H groups in total. The molecule has 23 heavy (non-hydrogen) atoms. The van der Waals surface area contributed by atoms with Crippen molar-refractivity contribution in [3.8, 4) is 5.75 Å². The topological polar surface area (TPSA) is 84.9 Å². The maximum Gasteiger partial charge on any atom is 0.326 e. The molecule has 1 heterocycles. The van der Waals surface area contributed by atoms with E-state index in [4.69, 9.17) is 9.47 Å². The number of carboxylic acid groups (broad SMARTS) is 1.